The molecule has 2 rings (SSSR count). The molecule has 1 aliphatic heterocycles. The van der Waals surface area contributed by atoms with Crippen LogP contribution in [-0.2, 0) is 4.79 Å². The Morgan fingerprint density at radius 3 is 2.50 bits per heavy atom. The first-order chi connectivity index (χ1) is 10.2. The molecule has 0 aliphatic carbocycles. The summed E-state index contributed by atoms with van der Waals surface area (Å²) in [5.74, 6) is 0.0828. The topological polar surface area (TPSA) is 36.4 Å². The molecule has 0 radical (unpaired) electrons. The molecule has 1 aliphatic rings. The lowest BCUT2D eigenvalue weighted by Crippen LogP contribution is -2.49. The minimum absolute atomic E-state index is 0.141. The molecule has 0 atom stereocenters. The number of nitrogens with zero attached hydrogens (tertiary/aromatic N) is 3. The normalized spacial score (nSPS) is 16.7. The van der Waals surface area contributed by atoms with Crippen LogP contribution < -0.4 is 4.90 Å². The van der Waals surface area contributed by atoms with Crippen molar-refractivity contribution in [3.63, 3.8) is 0 Å². The van der Waals surface area contributed by atoms with Gasteiger partial charge in [-0.15, -0.1) is 0 Å². The highest BCUT2D eigenvalue weighted by Crippen LogP contribution is 2.26. The maximum Gasteiger partial charge on any atom is 0.227 e. The van der Waals surface area contributed by atoms with Crippen molar-refractivity contribution in [2.24, 2.45) is 5.41 Å². The molecule has 1 fully saturated rings. The van der Waals surface area contributed by atoms with E-state index in [1.165, 1.54) is 12.3 Å². The van der Waals surface area contributed by atoms with Crippen LogP contribution in [0.15, 0.2) is 12.3 Å². The molecular formula is C16H23ClFN3O. The van der Waals surface area contributed by atoms with Gasteiger partial charge in [-0.1, -0.05) is 32.4 Å². The molecule has 22 heavy (non-hydrogen) atoms. The number of rotatable bonds is 2. The second-order valence-corrected chi connectivity index (χ2v) is 7.28. The van der Waals surface area contributed by atoms with Crippen LogP contribution in [0.3, 0.4) is 0 Å². The second-order valence-electron chi connectivity index (χ2n) is 6.84. The highest BCUT2D eigenvalue weighted by Gasteiger charge is 2.32. The van der Waals surface area contributed by atoms with Gasteiger partial charge in [-0.25, -0.2) is 9.37 Å². The van der Waals surface area contributed by atoms with Gasteiger partial charge in [-0.2, -0.15) is 0 Å². The molecule has 0 saturated carbocycles. The Hall–Kier alpha value is -1.36. The zero-order valence-corrected chi connectivity index (χ0v) is 14.3. The summed E-state index contributed by atoms with van der Waals surface area (Å²) in [6.45, 7) is 7.13. The number of piperidine rings is 1. The fourth-order valence-electron chi connectivity index (χ4n) is 2.80. The van der Waals surface area contributed by atoms with E-state index in [2.05, 4.69) is 4.98 Å². The van der Waals surface area contributed by atoms with E-state index in [4.69, 9.17) is 11.6 Å². The summed E-state index contributed by atoms with van der Waals surface area (Å²) < 4.78 is 13.9. The summed E-state index contributed by atoms with van der Waals surface area (Å²) in [4.78, 5) is 20.2. The Morgan fingerprint density at radius 1 is 1.41 bits per heavy atom. The Bertz CT molecular complexity index is 551. The van der Waals surface area contributed by atoms with Crippen LogP contribution in [-0.4, -0.2) is 42.0 Å². The van der Waals surface area contributed by atoms with Crippen molar-refractivity contribution in [2.75, 3.05) is 25.0 Å². The lowest BCUT2D eigenvalue weighted by atomic mass is 9.92. The van der Waals surface area contributed by atoms with Gasteiger partial charge in [0.2, 0.25) is 5.91 Å². The van der Waals surface area contributed by atoms with Crippen molar-refractivity contribution in [2.45, 2.75) is 39.7 Å². The molecule has 1 aromatic rings. The largest absolute Gasteiger partial charge is 0.354 e. The van der Waals surface area contributed by atoms with Gasteiger partial charge in [-0.3, -0.25) is 4.79 Å². The highest BCUT2D eigenvalue weighted by atomic mass is 35.5. The van der Waals surface area contributed by atoms with Gasteiger partial charge in [0.1, 0.15) is 0 Å². The first-order valence-electron chi connectivity index (χ1n) is 7.53. The van der Waals surface area contributed by atoms with Crippen molar-refractivity contribution >= 4 is 23.3 Å². The predicted molar refractivity (Wildman–Crippen MR) is 86.7 cm³/mol. The number of carbonyl (C=O) groups is 1. The standard InChI is InChI=1S/C16H23ClFN3O/c1-16(2,3)15(22)20(4)12-5-7-21(8-6-12)14-13(18)9-11(17)10-19-14/h9-10,12H,5-8H2,1-4H3. The average molecular weight is 328 g/mol. The Balaban J connectivity index is 2.00. The molecule has 0 bridgehead atoms. The van der Waals surface area contributed by atoms with Crippen LogP contribution in [0.25, 0.3) is 0 Å². The number of pyridine rings is 1. The number of anilines is 1. The number of hydrogen-bond donors (Lipinski definition) is 0. The smallest absolute Gasteiger partial charge is 0.227 e. The summed E-state index contributed by atoms with van der Waals surface area (Å²) in [7, 11) is 1.86. The molecule has 2 heterocycles. The molecule has 0 aromatic carbocycles. The number of carbonyl (C=O) groups excluding carboxylic acids is 1. The van der Waals surface area contributed by atoms with Crippen molar-refractivity contribution in [1.82, 2.24) is 9.88 Å². The van der Waals surface area contributed by atoms with E-state index in [0.29, 0.717) is 23.9 Å². The van der Waals surface area contributed by atoms with E-state index >= 15 is 0 Å². The van der Waals surface area contributed by atoms with Crippen LogP contribution in [0, 0.1) is 11.2 Å². The molecule has 0 spiro atoms. The molecule has 1 saturated heterocycles. The summed E-state index contributed by atoms with van der Waals surface area (Å²) >= 11 is 5.73. The minimum atomic E-state index is -0.398. The van der Waals surface area contributed by atoms with E-state index in [1.54, 1.807) is 0 Å². The fourth-order valence-corrected chi connectivity index (χ4v) is 2.94. The summed E-state index contributed by atoms with van der Waals surface area (Å²) in [5, 5.41) is 0.298. The Kier molecular flexibility index (Phi) is 4.95. The first kappa shape index (κ1) is 17.0. The molecule has 0 unspecified atom stereocenters. The lowest BCUT2D eigenvalue weighted by molar-refractivity contribution is -0.140. The molecule has 4 nitrogen and oxygen atoms in total. The molecular weight excluding hydrogens is 305 g/mol. The van der Waals surface area contributed by atoms with Crippen molar-refractivity contribution in [1.29, 1.82) is 0 Å². The van der Waals surface area contributed by atoms with Crippen LogP contribution in [0.2, 0.25) is 5.02 Å². The third kappa shape index (κ3) is 3.69. The zero-order chi connectivity index (χ0) is 16.5. The van der Waals surface area contributed by atoms with E-state index < -0.39 is 5.82 Å². The van der Waals surface area contributed by atoms with Gasteiger partial charge in [0, 0.05) is 37.8 Å². The van der Waals surface area contributed by atoms with Crippen molar-refractivity contribution in [3.05, 3.63) is 23.1 Å². The average Bonchev–Trinajstić information content (AvgIpc) is 2.45. The predicted octanol–water partition coefficient (Wildman–Crippen LogP) is 3.35. The Labute approximate surface area is 136 Å². The van der Waals surface area contributed by atoms with Gasteiger partial charge in [-0.05, 0) is 18.9 Å². The maximum absolute atomic E-state index is 13.9. The monoisotopic (exact) mass is 327 g/mol. The number of amides is 1. The van der Waals surface area contributed by atoms with E-state index in [0.717, 1.165) is 12.8 Å². The summed E-state index contributed by atoms with van der Waals surface area (Å²) in [5.41, 5.74) is -0.379. The third-order valence-corrected chi connectivity index (χ3v) is 4.27. The van der Waals surface area contributed by atoms with Crippen LogP contribution in [0.1, 0.15) is 33.6 Å². The van der Waals surface area contributed by atoms with Crippen LogP contribution in [0.5, 0.6) is 0 Å². The molecule has 0 N–H and O–H groups in total. The molecule has 1 aromatic heterocycles. The van der Waals surface area contributed by atoms with Gasteiger partial charge in [0.25, 0.3) is 0 Å². The lowest BCUT2D eigenvalue weighted by Gasteiger charge is -2.39. The van der Waals surface area contributed by atoms with Crippen molar-refractivity contribution < 1.29 is 9.18 Å². The van der Waals surface area contributed by atoms with E-state index in [1.807, 2.05) is 37.6 Å². The van der Waals surface area contributed by atoms with Gasteiger partial charge in [0.05, 0.1) is 5.02 Å². The maximum atomic E-state index is 13.9. The van der Waals surface area contributed by atoms with Crippen LogP contribution in [0.4, 0.5) is 10.2 Å². The van der Waals surface area contributed by atoms with Gasteiger partial charge >= 0.3 is 0 Å². The SMILES string of the molecule is CN(C(=O)C(C)(C)C)C1CCN(c2ncc(Cl)cc2F)CC1. The highest BCUT2D eigenvalue weighted by molar-refractivity contribution is 6.30. The summed E-state index contributed by atoms with van der Waals surface area (Å²) in [6, 6.07) is 1.48. The van der Waals surface area contributed by atoms with Crippen molar-refractivity contribution in [3.8, 4) is 0 Å². The van der Waals surface area contributed by atoms with Gasteiger partial charge in [0.15, 0.2) is 11.6 Å². The Morgan fingerprint density at radius 2 is 2.00 bits per heavy atom. The molecule has 6 heteroatoms. The number of hydrogen-bond acceptors (Lipinski definition) is 3. The van der Waals surface area contributed by atoms with Crippen LogP contribution >= 0.6 is 11.6 Å². The van der Waals surface area contributed by atoms with Gasteiger partial charge < -0.3 is 9.80 Å². The zero-order valence-electron chi connectivity index (χ0n) is 13.6. The first-order valence-corrected chi connectivity index (χ1v) is 7.91. The fraction of sp³-hybridized carbons (Fsp3) is 0.625. The second kappa shape index (κ2) is 6.41. The molecule has 1 amide bonds. The summed E-state index contributed by atoms with van der Waals surface area (Å²) in [6.07, 6.45) is 3.07. The van der Waals surface area contributed by atoms with E-state index in [9.17, 15) is 9.18 Å². The number of halogens is 2. The third-order valence-electron chi connectivity index (χ3n) is 4.06. The molecule has 122 valence electrons. The minimum Gasteiger partial charge on any atom is -0.354 e. The van der Waals surface area contributed by atoms with E-state index in [-0.39, 0.29) is 17.4 Å². The quantitative estimate of drug-likeness (QED) is 0.836. The number of aromatic nitrogens is 1.